The third-order valence-electron chi connectivity index (χ3n) is 3.36. The Bertz CT molecular complexity index is 559. The van der Waals surface area contributed by atoms with Crippen LogP contribution >= 0.6 is 27.3 Å². The van der Waals surface area contributed by atoms with E-state index in [2.05, 4.69) is 51.7 Å². The van der Waals surface area contributed by atoms with Crippen molar-refractivity contribution in [1.82, 2.24) is 10.3 Å². The van der Waals surface area contributed by atoms with Gasteiger partial charge in [0.05, 0.1) is 11.7 Å². The molecule has 1 aliphatic heterocycles. The molecule has 4 heteroatoms. The summed E-state index contributed by atoms with van der Waals surface area (Å²) in [6.45, 7) is 3.22. The van der Waals surface area contributed by atoms with Crippen LogP contribution in [0.2, 0.25) is 0 Å². The Morgan fingerprint density at radius 3 is 3.06 bits per heavy atom. The van der Waals surface area contributed by atoms with Gasteiger partial charge in [0, 0.05) is 15.4 Å². The van der Waals surface area contributed by atoms with E-state index in [0.29, 0.717) is 6.04 Å². The first kappa shape index (κ1) is 12.3. The number of hydrogen-bond acceptors (Lipinski definition) is 3. The van der Waals surface area contributed by atoms with E-state index in [0.717, 1.165) is 16.0 Å². The van der Waals surface area contributed by atoms with Gasteiger partial charge in [0.15, 0.2) is 0 Å². The maximum absolute atomic E-state index is 4.77. The highest BCUT2D eigenvalue weighted by Crippen LogP contribution is 2.31. The fourth-order valence-corrected chi connectivity index (χ4v) is 3.49. The van der Waals surface area contributed by atoms with Crippen molar-refractivity contribution in [3.05, 3.63) is 39.3 Å². The molecule has 0 spiro atoms. The average Bonchev–Trinajstić information content (AvgIpc) is 3.01. The zero-order valence-corrected chi connectivity index (χ0v) is 12.6. The number of rotatable bonds is 2. The Labute approximate surface area is 120 Å². The Balaban J connectivity index is 1.89. The van der Waals surface area contributed by atoms with Crippen molar-refractivity contribution < 1.29 is 0 Å². The molecule has 0 radical (unpaired) electrons. The number of aryl methyl sites for hydroxylation is 1. The minimum Gasteiger partial charge on any atom is -0.309 e. The van der Waals surface area contributed by atoms with Crippen LogP contribution in [-0.2, 0) is 0 Å². The standard InChI is InChI=1S/C14H15BrN2S/c1-9-4-5-10(7-11(9)15)14-17-13(8-18-14)12-3-2-6-16-12/h4-5,7-8,12,16H,2-3,6H2,1H3/t12-/m0/s1. The molecule has 0 bridgehead atoms. The normalized spacial score (nSPS) is 19.3. The number of hydrogen-bond donors (Lipinski definition) is 1. The van der Waals surface area contributed by atoms with Crippen molar-refractivity contribution in [2.24, 2.45) is 0 Å². The highest BCUT2D eigenvalue weighted by molar-refractivity contribution is 9.10. The minimum absolute atomic E-state index is 0.462. The van der Waals surface area contributed by atoms with Crippen LogP contribution in [0.1, 0.15) is 30.1 Å². The molecular weight excluding hydrogens is 308 g/mol. The van der Waals surface area contributed by atoms with Crippen LogP contribution in [0, 0.1) is 6.92 Å². The van der Waals surface area contributed by atoms with E-state index in [-0.39, 0.29) is 0 Å². The summed E-state index contributed by atoms with van der Waals surface area (Å²) in [6.07, 6.45) is 2.47. The van der Waals surface area contributed by atoms with Gasteiger partial charge >= 0.3 is 0 Å². The van der Waals surface area contributed by atoms with Crippen molar-refractivity contribution in [1.29, 1.82) is 0 Å². The quantitative estimate of drug-likeness (QED) is 0.891. The fourth-order valence-electron chi connectivity index (χ4n) is 2.24. The molecule has 3 rings (SSSR count). The molecule has 1 aromatic carbocycles. The summed E-state index contributed by atoms with van der Waals surface area (Å²) < 4.78 is 1.15. The van der Waals surface area contributed by atoms with Crippen molar-refractivity contribution in [2.45, 2.75) is 25.8 Å². The molecule has 1 aromatic heterocycles. The van der Waals surface area contributed by atoms with Gasteiger partial charge < -0.3 is 5.32 Å². The lowest BCUT2D eigenvalue weighted by Gasteiger charge is -2.05. The number of thiazole rings is 1. The highest BCUT2D eigenvalue weighted by atomic mass is 79.9. The minimum atomic E-state index is 0.462. The maximum atomic E-state index is 4.77. The largest absolute Gasteiger partial charge is 0.309 e. The van der Waals surface area contributed by atoms with Crippen LogP contribution in [0.25, 0.3) is 10.6 Å². The Hall–Kier alpha value is -0.710. The number of halogens is 1. The lowest BCUT2D eigenvalue weighted by molar-refractivity contribution is 0.632. The molecule has 0 amide bonds. The molecule has 1 atom stereocenters. The van der Waals surface area contributed by atoms with Crippen molar-refractivity contribution >= 4 is 27.3 Å². The van der Waals surface area contributed by atoms with Gasteiger partial charge in [-0.05, 0) is 37.9 Å². The summed E-state index contributed by atoms with van der Waals surface area (Å²) in [5.74, 6) is 0. The summed E-state index contributed by atoms with van der Waals surface area (Å²) in [6, 6.07) is 6.89. The number of aromatic nitrogens is 1. The Morgan fingerprint density at radius 2 is 2.33 bits per heavy atom. The summed E-state index contributed by atoms with van der Waals surface area (Å²) in [4.78, 5) is 4.77. The molecule has 1 saturated heterocycles. The predicted molar refractivity (Wildman–Crippen MR) is 80.0 cm³/mol. The van der Waals surface area contributed by atoms with Gasteiger partial charge in [-0.2, -0.15) is 0 Å². The van der Waals surface area contributed by atoms with Crippen molar-refractivity contribution in [2.75, 3.05) is 6.54 Å². The Morgan fingerprint density at radius 1 is 1.44 bits per heavy atom. The first-order valence-electron chi connectivity index (χ1n) is 6.19. The summed E-state index contributed by atoms with van der Waals surface area (Å²) in [5, 5.41) is 6.79. The SMILES string of the molecule is Cc1ccc(-c2nc([C@@H]3CCCN3)cs2)cc1Br. The van der Waals surface area contributed by atoms with Crippen LogP contribution in [0.15, 0.2) is 28.1 Å². The second-order valence-corrected chi connectivity index (χ2v) is 6.40. The van der Waals surface area contributed by atoms with Crippen molar-refractivity contribution in [3.8, 4) is 10.6 Å². The van der Waals surface area contributed by atoms with E-state index < -0.39 is 0 Å². The summed E-state index contributed by atoms with van der Waals surface area (Å²) in [7, 11) is 0. The second kappa shape index (κ2) is 5.11. The van der Waals surface area contributed by atoms with E-state index in [9.17, 15) is 0 Å². The monoisotopic (exact) mass is 322 g/mol. The van der Waals surface area contributed by atoms with E-state index in [1.165, 1.54) is 29.7 Å². The molecule has 94 valence electrons. The third-order valence-corrected chi connectivity index (χ3v) is 5.12. The molecule has 1 aliphatic rings. The van der Waals surface area contributed by atoms with Crippen LogP contribution in [0.3, 0.4) is 0 Å². The lowest BCUT2D eigenvalue weighted by Crippen LogP contribution is -2.12. The van der Waals surface area contributed by atoms with Gasteiger partial charge in [-0.3, -0.25) is 0 Å². The van der Waals surface area contributed by atoms with Gasteiger partial charge in [0.1, 0.15) is 5.01 Å². The highest BCUT2D eigenvalue weighted by Gasteiger charge is 2.19. The molecule has 2 aromatic rings. The smallest absolute Gasteiger partial charge is 0.123 e. The van der Waals surface area contributed by atoms with E-state index in [1.807, 2.05) is 0 Å². The first-order valence-corrected chi connectivity index (χ1v) is 7.86. The maximum Gasteiger partial charge on any atom is 0.123 e. The van der Waals surface area contributed by atoms with Crippen LogP contribution in [0.5, 0.6) is 0 Å². The average molecular weight is 323 g/mol. The molecule has 0 aliphatic carbocycles. The zero-order valence-electron chi connectivity index (χ0n) is 10.2. The number of benzene rings is 1. The van der Waals surface area contributed by atoms with E-state index in [1.54, 1.807) is 11.3 Å². The van der Waals surface area contributed by atoms with Crippen molar-refractivity contribution in [3.63, 3.8) is 0 Å². The molecule has 1 N–H and O–H groups in total. The van der Waals surface area contributed by atoms with Gasteiger partial charge in [-0.15, -0.1) is 11.3 Å². The number of nitrogens with one attached hydrogen (secondary N) is 1. The molecule has 2 nitrogen and oxygen atoms in total. The van der Waals surface area contributed by atoms with Gasteiger partial charge in [0.25, 0.3) is 0 Å². The molecule has 18 heavy (non-hydrogen) atoms. The van der Waals surface area contributed by atoms with Gasteiger partial charge in [-0.1, -0.05) is 28.1 Å². The zero-order chi connectivity index (χ0) is 12.5. The molecule has 0 unspecified atom stereocenters. The molecule has 2 heterocycles. The first-order chi connectivity index (χ1) is 8.74. The van der Waals surface area contributed by atoms with Gasteiger partial charge in [0.2, 0.25) is 0 Å². The second-order valence-electron chi connectivity index (χ2n) is 4.69. The molecule has 0 saturated carbocycles. The van der Waals surface area contributed by atoms with E-state index >= 15 is 0 Å². The third kappa shape index (κ3) is 2.37. The molecular formula is C14H15BrN2S. The number of nitrogens with zero attached hydrogens (tertiary/aromatic N) is 1. The fraction of sp³-hybridized carbons (Fsp3) is 0.357. The predicted octanol–water partition coefficient (Wildman–Crippen LogP) is 4.31. The topological polar surface area (TPSA) is 24.9 Å². The van der Waals surface area contributed by atoms with Crippen LogP contribution < -0.4 is 5.32 Å². The molecule has 1 fully saturated rings. The Kier molecular flexibility index (Phi) is 3.50. The summed E-state index contributed by atoms with van der Waals surface area (Å²) >= 11 is 5.31. The van der Waals surface area contributed by atoms with Crippen LogP contribution in [0.4, 0.5) is 0 Å². The van der Waals surface area contributed by atoms with Gasteiger partial charge in [-0.25, -0.2) is 4.98 Å². The van der Waals surface area contributed by atoms with E-state index in [4.69, 9.17) is 4.98 Å². The van der Waals surface area contributed by atoms with Crippen LogP contribution in [-0.4, -0.2) is 11.5 Å². The lowest BCUT2D eigenvalue weighted by atomic mass is 10.1. The summed E-state index contributed by atoms with van der Waals surface area (Å²) in [5.41, 5.74) is 3.65.